The normalized spacial score (nSPS) is 24.7. The van der Waals surface area contributed by atoms with Crippen LogP contribution in [0.25, 0.3) is 32.2 Å². The molecule has 0 amide bonds. The van der Waals surface area contributed by atoms with E-state index in [0.717, 1.165) is 21.8 Å². The molecule has 1 aliphatic heterocycles. The van der Waals surface area contributed by atoms with Crippen molar-refractivity contribution >= 4 is 21.8 Å². The number of fused-ring (bicyclic) bond motifs is 3. The second kappa shape index (κ2) is 5.59. The van der Waals surface area contributed by atoms with Gasteiger partial charge in [-0.15, -0.1) is 0 Å². The highest BCUT2D eigenvalue weighted by Crippen LogP contribution is 2.35. The second-order valence-corrected chi connectivity index (χ2v) is 5.77. The van der Waals surface area contributed by atoms with Gasteiger partial charge in [0.05, 0.1) is 31.4 Å². The average molecular weight is 308 g/mol. The highest BCUT2D eigenvalue weighted by Gasteiger charge is 2.34. The lowest BCUT2D eigenvalue weighted by atomic mass is 10.0. The van der Waals surface area contributed by atoms with Gasteiger partial charge in [-0.2, -0.15) is 0 Å². The van der Waals surface area contributed by atoms with Gasteiger partial charge in [0.2, 0.25) is 0 Å². The first-order valence-corrected chi connectivity index (χ1v) is 7.59. The van der Waals surface area contributed by atoms with Crippen LogP contribution in [-0.2, 0) is 4.74 Å². The van der Waals surface area contributed by atoms with Crippen LogP contribution < -0.4 is 0 Å². The van der Waals surface area contributed by atoms with E-state index in [2.05, 4.69) is 26.7 Å². The van der Waals surface area contributed by atoms with Crippen molar-refractivity contribution in [2.24, 2.45) is 5.11 Å². The lowest BCUT2D eigenvalue weighted by Gasteiger charge is -2.34. The molecule has 1 fully saturated rings. The summed E-state index contributed by atoms with van der Waals surface area (Å²) < 4.78 is 7.70. The van der Waals surface area contributed by atoms with Crippen molar-refractivity contribution in [2.45, 2.75) is 18.2 Å². The van der Waals surface area contributed by atoms with Crippen LogP contribution in [0.1, 0.15) is 6.04 Å². The third kappa shape index (κ3) is 2.16. The molecule has 3 atom stereocenters. The number of ether oxygens (including phenoxy) is 1. The number of aromatic nitrogens is 1. The number of hydrogen-bond donors (Lipinski definition) is 1. The van der Waals surface area contributed by atoms with Gasteiger partial charge in [-0.3, -0.25) is 0 Å². The number of rotatable bonds is 2. The molecule has 1 saturated heterocycles. The first kappa shape index (κ1) is 14.1. The van der Waals surface area contributed by atoms with Gasteiger partial charge >= 0.3 is 0 Å². The van der Waals surface area contributed by atoms with Crippen LogP contribution in [0.5, 0.6) is 0 Å². The van der Waals surface area contributed by atoms with Crippen molar-refractivity contribution in [2.75, 3.05) is 13.2 Å². The molecule has 6 heteroatoms. The summed E-state index contributed by atoms with van der Waals surface area (Å²) in [4.78, 5) is 2.83. The first-order valence-electron chi connectivity index (χ1n) is 7.59. The number of hydrogen-bond acceptors (Lipinski definition) is 3. The molecule has 23 heavy (non-hydrogen) atoms. The van der Waals surface area contributed by atoms with Crippen LogP contribution in [0, 0.1) is 0 Å². The van der Waals surface area contributed by atoms with Crippen molar-refractivity contribution in [1.82, 2.24) is 4.57 Å². The van der Waals surface area contributed by atoms with E-state index in [1.807, 2.05) is 36.4 Å². The summed E-state index contributed by atoms with van der Waals surface area (Å²) in [5, 5.41) is 16.6. The Labute approximate surface area is 132 Å². The van der Waals surface area contributed by atoms with Crippen LogP contribution in [-0.4, -0.2) is 35.0 Å². The molecule has 0 bridgehead atoms. The van der Waals surface area contributed by atoms with Gasteiger partial charge in [0.25, 0.3) is 0 Å². The minimum absolute atomic E-state index is 0.249. The van der Waals surface area contributed by atoms with Gasteiger partial charge in [0, 0.05) is 26.7 Å². The predicted octanol–water partition coefficient (Wildman–Crippen LogP) is 3.41. The van der Waals surface area contributed by atoms with Crippen LogP contribution in [0.3, 0.4) is 0 Å². The molecule has 2 aromatic carbocycles. The molecular formula is C17H16N4O2. The molecule has 3 aromatic rings. The average Bonchev–Trinajstić information content (AvgIpc) is 2.92. The zero-order chi connectivity index (χ0) is 15.8. The van der Waals surface area contributed by atoms with Gasteiger partial charge in [-0.05, 0) is 17.7 Å². The third-order valence-corrected chi connectivity index (χ3v) is 4.51. The zero-order valence-corrected chi connectivity index (χ0v) is 12.4. The summed E-state index contributed by atoms with van der Waals surface area (Å²) >= 11 is 0. The maximum Gasteiger partial charge on any atom is 0.0888 e. The Morgan fingerprint density at radius 1 is 1.04 bits per heavy atom. The fourth-order valence-corrected chi connectivity index (χ4v) is 3.47. The Kier molecular flexibility index (Phi) is 3.42. The minimum atomic E-state index is -0.779. The molecule has 1 aliphatic rings. The summed E-state index contributed by atoms with van der Waals surface area (Å²) in [6, 6.07) is 15.4. The summed E-state index contributed by atoms with van der Waals surface area (Å²) in [7, 11) is 0. The van der Waals surface area contributed by atoms with Crippen LogP contribution in [0.15, 0.2) is 53.6 Å². The Balaban J connectivity index is 1.94. The summed E-state index contributed by atoms with van der Waals surface area (Å²) in [5.41, 5.74) is 10.8. The molecule has 1 aromatic heterocycles. The molecule has 0 spiro atoms. The molecule has 0 saturated carbocycles. The smallest absolute Gasteiger partial charge is 0.0888 e. The monoisotopic (exact) mass is 308 g/mol. The molecule has 0 aliphatic carbocycles. The molecule has 2 heterocycles. The number of benzene rings is 2. The van der Waals surface area contributed by atoms with Crippen LogP contribution in [0.4, 0.5) is 0 Å². The Hall–Kier alpha value is -2.53. The highest BCUT2D eigenvalue weighted by atomic mass is 16.5. The summed E-state index contributed by atoms with van der Waals surface area (Å²) in [5.74, 6) is 0. The van der Waals surface area contributed by atoms with Gasteiger partial charge in [-0.25, -0.2) is 0 Å². The van der Waals surface area contributed by atoms with E-state index in [4.69, 9.17) is 10.3 Å². The molecule has 1 N–H and O–H groups in total. The van der Waals surface area contributed by atoms with Crippen molar-refractivity contribution in [3.63, 3.8) is 0 Å². The molecule has 0 radical (unpaired) electrons. The largest absolute Gasteiger partial charge is 0.390 e. The van der Waals surface area contributed by atoms with Crippen molar-refractivity contribution in [3.8, 4) is 0 Å². The van der Waals surface area contributed by atoms with Gasteiger partial charge < -0.3 is 14.4 Å². The number of aliphatic hydroxyl groups excluding tert-OH is 1. The molecule has 1 unspecified atom stereocenters. The first-order chi connectivity index (χ1) is 11.3. The maximum absolute atomic E-state index is 10.7. The van der Waals surface area contributed by atoms with E-state index in [-0.39, 0.29) is 12.6 Å². The summed E-state index contributed by atoms with van der Waals surface area (Å²) in [6.45, 7) is 0.639. The van der Waals surface area contributed by atoms with E-state index < -0.39 is 12.1 Å². The van der Waals surface area contributed by atoms with Crippen LogP contribution >= 0.6 is 0 Å². The molecule has 116 valence electrons. The SMILES string of the molecule is [N-]=[N+]=N[C@@H]1COC[C@H](n2c3ccccc3c3ccccc32)C1O. The fraction of sp³-hybridized carbons (Fsp3) is 0.294. The summed E-state index contributed by atoms with van der Waals surface area (Å²) in [6.07, 6.45) is -0.779. The van der Waals surface area contributed by atoms with E-state index in [0.29, 0.717) is 6.61 Å². The zero-order valence-electron chi connectivity index (χ0n) is 12.4. The second-order valence-electron chi connectivity index (χ2n) is 5.77. The predicted molar refractivity (Wildman–Crippen MR) is 88.2 cm³/mol. The lowest BCUT2D eigenvalue weighted by molar-refractivity contribution is -0.0413. The van der Waals surface area contributed by atoms with Gasteiger partial charge in [-0.1, -0.05) is 41.5 Å². The van der Waals surface area contributed by atoms with Crippen LogP contribution in [0.2, 0.25) is 0 Å². The number of para-hydroxylation sites is 2. The third-order valence-electron chi connectivity index (χ3n) is 4.51. The van der Waals surface area contributed by atoms with E-state index in [1.165, 1.54) is 0 Å². The van der Waals surface area contributed by atoms with Crippen molar-refractivity contribution in [3.05, 3.63) is 59.0 Å². The number of aliphatic hydroxyl groups is 1. The fourth-order valence-electron chi connectivity index (χ4n) is 3.47. The Morgan fingerprint density at radius 3 is 2.26 bits per heavy atom. The standard InChI is InChI=1S/C17H16N4O2/c18-20-19-13-9-23-10-16(17(13)22)21-14-7-3-1-5-11(14)12-6-2-4-8-15(12)21/h1-8,13,16-17,22H,9-10H2/t13-,16+,17?/m1/s1. The lowest BCUT2D eigenvalue weighted by Crippen LogP contribution is -2.43. The van der Waals surface area contributed by atoms with Gasteiger partial charge in [0.15, 0.2) is 0 Å². The molecular weight excluding hydrogens is 292 g/mol. The van der Waals surface area contributed by atoms with Gasteiger partial charge in [0.1, 0.15) is 0 Å². The topological polar surface area (TPSA) is 83.2 Å². The number of azide groups is 1. The molecule has 4 rings (SSSR count). The van der Waals surface area contributed by atoms with Crippen molar-refractivity contribution in [1.29, 1.82) is 0 Å². The molecule has 6 nitrogen and oxygen atoms in total. The maximum atomic E-state index is 10.7. The minimum Gasteiger partial charge on any atom is -0.390 e. The Morgan fingerprint density at radius 2 is 1.65 bits per heavy atom. The number of nitrogens with zero attached hydrogens (tertiary/aromatic N) is 4. The Bertz CT molecular complexity index is 860. The van der Waals surface area contributed by atoms with E-state index >= 15 is 0 Å². The highest BCUT2D eigenvalue weighted by molar-refractivity contribution is 6.08. The van der Waals surface area contributed by atoms with E-state index in [9.17, 15) is 5.11 Å². The van der Waals surface area contributed by atoms with E-state index in [1.54, 1.807) is 0 Å². The van der Waals surface area contributed by atoms with Crippen molar-refractivity contribution < 1.29 is 9.84 Å². The quantitative estimate of drug-likeness (QED) is 0.447.